The third-order valence-corrected chi connectivity index (χ3v) is 4.26. The van der Waals surface area contributed by atoms with Gasteiger partial charge in [0.05, 0.1) is 0 Å². The highest BCUT2D eigenvalue weighted by Crippen LogP contribution is 2.27. The van der Waals surface area contributed by atoms with Crippen molar-refractivity contribution in [3.63, 3.8) is 0 Å². The Morgan fingerprint density at radius 2 is 1.83 bits per heavy atom. The van der Waals surface area contributed by atoms with Crippen LogP contribution < -0.4 is 0 Å². The van der Waals surface area contributed by atoms with Gasteiger partial charge in [-0.15, -0.1) is 0 Å². The van der Waals surface area contributed by atoms with Gasteiger partial charge in [-0.05, 0) is 36.6 Å². The van der Waals surface area contributed by atoms with E-state index in [2.05, 4.69) is 25.7 Å². The zero-order valence-electron chi connectivity index (χ0n) is 10.4. The first kappa shape index (κ1) is 12.6. The minimum Gasteiger partial charge on any atom is -0.298 e. The molecule has 0 amide bonds. The predicted molar refractivity (Wildman–Crippen MR) is 74.0 cm³/mol. The van der Waals surface area contributed by atoms with Crippen molar-refractivity contribution in [2.75, 3.05) is 26.2 Å². The molecule has 3 rings (SSSR count). The zero-order valence-corrected chi connectivity index (χ0v) is 12.0. The van der Waals surface area contributed by atoms with Crippen LogP contribution in [-0.4, -0.2) is 42.0 Å². The van der Waals surface area contributed by atoms with Crippen molar-refractivity contribution >= 4 is 15.9 Å². The second-order valence-electron chi connectivity index (χ2n) is 5.32. The summed E-state index contributed by atoms with van der Waals surface area (Å²) in [5.74, 6) is -0.156. The topological polar surface area (TPSA) is 6.48 Å². The van der Waals surface area contributed by atoms with E-state index < -0.39 is 0 Å². The Bertz CT molecular complexity index is 406. The molecule has 1 aliphatic carbocycles. The molecular formula is C14H18BrFN2. The number of rotatable bonds is 3. The maximum Gasteiger partial charge on any atom is 0.124 e. The van der Waals surface area contributed by atoms with E-state index >= 15 is 0 Å². The minimum absolute atomic E-state index is 0.156. The molecule has 0 bridgehead atoms. The smallest absolute Gasteiger partial charge is 0.124 e. The second kappa shape index (κ2) is 5.27. The first-order chi connectivity index (χ1) is 8.70. The monoisotopic (exact) mass is 312 g/mol. The molecule has 98 valence electrons. The van der Waals surface area contributed by atoms with Crippen molar-refractivity contribution in [1.82, 2.24) is 9.80 Å². The van der Waals surface area contributed by atoms with Gasteiger partial charge in [0.15, 0.2) is 0 Å². The molecule has 1 aromatic carbocycles. The maximum atomic E-state index is 13.3. The molecule has 1 aromatic rings. The van der Waals surface area contributed by atoms with Gasteiger partial charge in [0.2, 0.25) is 0 Å². The van der Waals surface area contributed by atoms with E-state index in [0.29, 0.717) is 0 Å². The van der Waals surface area contributed by atoms with Crippen molar-refractivity contribution < 1.29 is 4.39 Å². The Labute approximate surface area is 116 Å². The maximum absolute atomic E-state index is 13.3. The molecule has 1 saturated carbocycles. The molecule has 2 aliphatic rings. The van der Waals surface area contributed by atoms with Crippen LogP contribution in [0, 0.1) is 5.82 Å². The van der Waals surface area contributed by atoms with Crippen LogP contribution in [-0.2, 0) is 6.54 Å². The van der Waals surface area contributed by atoms with Crippen molar-refractivity contribution in [2.24, 2.45) is 0 Å². The molecule has 1 saturated heterocycles. The fourth-order valence-electron chi connectivity index (χ4n) is 2.69. The Morgan fingerprint density at radius 1 is 1.11 bits per heavy atom. The lowest BCUT2D eigenvalue weighted by molar-refractivity contribution is 0.121. The summed E-state index contributed by atoms with van der Waals surface area (Å²) in [6.45, 7) is 5.40. The Balaban J connectivity index is 1.56. The van der Waals surface area contributed by atoms with Gasteiger partial charge in [-0.1, -0.05) is 15.9 Å². The number of halogens is 2. The van der Waals surface area contributed by atoms with Gasteiger partial charge >= 0.3 is 0 Å². The lowest BCUT2D eigenvalue weighted by Crippen LogP contribution is -2.46. The third kappa shape index (κ3) is 3.11. The van der Waals surface area contributed by atoms with Crippen LogP contribution in [0.3, 0.4) is 0 Å². The van der Waals surface area contributed by atoms with E-state index in [9.17, 15) is 4.39 Å². The van der Waals surface area contributed by atoms with E-state index in [1.165, 1.54) is 32.0 Å². The molecule has 0 aromatic heterocycles. The molecule has 2 nitrogen and oxygen atoms in total. The van der Waals surface area contributed by atoms with Crippen molar-refractivity contribution in [3.05, 3.63) is 34.1 Å². The van der Waals surface area contributed by atoms with Gasteiger partial charge in [0.25, 0.3) is 0 Å². The van der Waals surface area contributed by atoms with Crippen molar-refractivity contribution in [1.29, 1.82) is 0 Å². The molecular weight excluding hydrogens is 295 g/mol. The van der Waals surface area contributed by atoms with Crippen molar-refractivity contribution in [3.8, 4) is 0 Å². The van der Waals surface area contributed by atoms with Crippen LogP contribution >= 0.6 is 15.9 Å². The summed E-state index contributed by atoms with van der Waals surface area (Å²) in [4.78, 5) is 5.01. The molecule has 0 unspecified atom stereocenters. The lowest BCUT2D eigenvalue weighted by Gasteiger charge is -2.34. The molecule has 4 heteroatoms. The molecule has 1 aliphatic heterocycles. The van der Waals surface area contributed by atoms with Gasteiger partial charge < -0.3 is 0 Å². The van der Waals surface area contributed by atoms with E-state index in [-0.39, 0.29) is 5.82 Å². The molecule has 0 radical (unpaired) electrons. The second-order valence-corrected chi connectivity index (χ2v) is 6.24. The molecule has 1 heterocycles. The first-order valence-corrected chi connectivity index (χ1v) is 7.41. The molecule has 2 fully saturated rings. The predicted octanol–water partition coefficient (Wildman–Crippen LogP) is 2.87. The quantitative estimate of drug-likeness (QED) is 0.847. The molecule has 0 N–H and O–H groups in total. The van der Waals surface area contributed by atoms with E-state index in [4.69, 9.17) is 0 Å². The zero-order chi connectivity index (χ0) is 12.5. The first-order valence-electron chi connectivity index (χ1n) is 6.62. The summed E-state index contributed by atoms with van der Waals surface area (Å²) in [6.07, 6.45) is 2.77. The Morgan fingerprint density at radius 3 is 2.44 bits per heavy atom. The fraction of sp³-hybridized carbons (Fsp3) is 0.571. The summed E-state index contributed by atoms with van der Waals surface area (Å²) in [7, 11) is 0. The SMILES string of the molecule is Fc1cc(Br)cc(CN2CCN(C3CC3)CC2)c1. The molecule has 18 heavy (non-hydrogen) atoms. The normalized spacial score (nSPS) is 22.3. The highest BCUT2D eigenvalue weighted by atomic mass is 79.9. The number of hydrogen-bond acceptors (Lipinski definition) is 2. The number of nitrogens with zero attached hydrogens (tertiary/aromatic N) is 2. The average Bonchev–Trinajstić information content (AvgIpc) is 3.12. The van der Waals surface area contributed by atoms with Crippen LogP contribution in [0.25, 0.3) is 0 Å². The lowest BCUT2D eigenvalue weighted by atomic mass is 10.2. The van der Waals surface area contributed by atoms with E-state index in [0.717, 1.165) is 35.7 Å². The summed E-state index contributed by atoms with van der Waals surface area (Å²) >= 11 is 3.35. The van der Waals surface area contributed by atoms with Crippen LogP contribution in [0.1, 0.15) is 18.4 Å². The van der Waals surface area contributed by atoms with Gasteiger partial charge in [-0.3, -0.25) is 9.80 Å². The summed E-state index contributed by atoms with van der Waals surface area (Å²) in [6, 6.07) is 6.03. The van der Waals surface area contributed by atoms with E-state index in [1.807, 2.05) is 6.07 Å². The van der Waals surface area contributed by atoms with E-state index in [1.54, 1.807) is 6.07 Å². The summed E-state index contributed by atoms with van der Waals surface area (Å²) in [5, 5.41) is 0. The van der Waals surface area contributed by atoms with Crippen LogP contribution in [0.15, 0.2) is 22.7 Å². The molecule has 0 atom stereocenters. The Kier molecular flexibility index (Phi) is 3.68. The largest absolute Gasteiger partial charge is 0.298 e. The summed E-state index contributed by atoms with van der Waals surface area (Å²) in [5.41, 5.74) is 1.06. The van der Waals surface area contributed by atoms with Crippen LogP contribution in [0.2, 0.25) is 0 Å². The standard InChI is InChI=1S/C14H18BrFN2/c15-12-7-11(8-13(16)9-12)10-17-3-5-18(6-4-17)14-1-2-14/h7-9,14H,1-6,10H2. The average molecular weight is 313 g/mol. The van der Waals surface area contributed by atoms with Crippen molar-refractivity contribution in [2.45, 2.75) is 25.4 Å². The van der Waals surface area contributed by atoms with Crippen LogP contribution in [0.5, 0.6) is 0 Å². The summed E-state index contributed by atoms with van der Waals surface area (Å²) < 4.78 is 14.1. The number of benzene rings is 1. The van der Waals surface area contributed by atoms with Gasteiger partial charge in [0.1, 0.15) is 5.82 Å². The van der Waals surface area contributed by atoms with Gasteiger partial charge in [-0.25, -0.2) is 4.39 Å². The minimum atomic E-state index is -0.156. The highest BCUT2D eigenvalue weighted by Gasteiger charge is 2.31. The third-order valence-electron chi connectivity index (χ3n) is 3.80. The van der Waals surface area contributed by atoms with Crippen LogP contribution in [0.4, 0.5) is 4.39 Å². The molecule has 0 spiro atoms. The number of hydrogen-bond donors (Lipinski definition) is 0. The highest BCUT2D eigenvalue weighted by molar-refractivity contribution is 9.10. The number of piperazine rings is 1. The van der Waals surface area contributed by atoms with Gasteiger partial charge in [-0.2, -0.15) is 0 Å². The fourth-order valence-corrected chi connectivity index (χ4v) is 3.20. The Hall–Kier alpha value is -0.450. The van der Waals surface area contributed by atoms with Gasteiger partial charge in [0, 0.05) is 43.2 Å².